The number of carbonyl (C=O) groups excluding carboxylic acids is 1. The lowest BCUT2D eigenvalue weighted by Crippen LogP contribution is -2.55. The first-order chi connectivity index (χ1) is 16.5. The third-order valence-corrected chi connectivity index (χ3v) is 7.32. The van der Waals surface area contributed by atoms with Crippen LogP contribution in [0.1, 0.15) is 49.7 Å². The Balaban J connectivity index is 1.56. The molecule has 0 bridgehead atoms. The Hall–Kier alpha value is -2.61. The lowest BCUT2D eigenvalue weighted by Gasteiger charge is -2.43. The minimum atomic E-state index is -0.504. The third-order valence-electron chi connectivity index (χ3n) is 6.68. The molecule has 35 heavy (non-hydrogen) atoms. The number of aromatic nitrogens is 2. The number of carbonyl (C=O) groups is 1. The van der Waals surface area contributed by atoms with E-state index in [-0.39, 0.29) is 28.6 Å². The molecule has 9 heteroatoms. The number of hydrogen-bond acceptors (Lipinski definition) is 4. The molecule has 1 aliphatic heterocycles. The van der Waals surface area contributed by atoms with Gasteiger partial charge in [0.2, 0.25) is 0 Å². The van der Waals surface area contributed by atoms with Gasteiger partial charge >= 0.3 is 0 Å². The number of anilines is 2. The van der Waals surface area contributed by atoms with Crippen LogP contribution in [0, 0.1) is 5.82 Å². The van der Waals surface area contributed by atoms with Crippen LogP contribution in [-0.2, 0) is 0 Å². The second-order valence-corrected chi connectivity index (χ2v) is 10.4. The van der Waals surface area contributed by atoms with Gasteiger partial charge in [0.1, 0.15) is 11.6 Å². The second-order valence-electron chi connectivity index (χ2n) is 9.54. The van der Waals surface area contributed by atoms with Crippen molar-refractivity contribution in [2.45, 2.75) is 45.7 Å². The summed E-state index contributed by atoms with van der Waals surface area (Å²) < 4.78 is 15.1. The van der Waals surface area contributed by atoms with Gasteiger partial charge in [0.15, 0.2) is 0 Å². The van der Waals surface area contributed by atoms with E-state index >= 15 is 4.39 Å². The molecule has 2 aromatic carbocycles. The summed E-state index contributed by atoms with van der Waals surface area (Å²) in [7, 11) is 2.07. The van der Waals surface area contributed by atoms with Crippen molar-refractivity contribution in [2.24, 2.45) is 0 Å². The highest BCUT2D eigenvalue weighted by atomic mass is 35.5. The van der Waals surface area contributed by atoms with E-state index in [4.69, 9.17) is 23.2 Å². The van der Waals surface area contributed by atoms with E-state index in [0.29, 0.717) is 40.9 Å². The topological polar surface area (TPSA) is 64.3 Å². The lowest BCUT2D eigenvalue weighted by molar-refractivity contribution is 0.102. The zero-order valence-corrected chi connectivity index (χ0v) is 22.0. The predicted octanol–water partition coefficient (Wildman–Crippen LogP) is 6.43. The Morgan fingerprint density at radius 2 is 1.83 bits per heavy atom. The first-order valence-corrected chi connectivity index (χ1v) is 12.4. The highest BCUT2D eigenvalue weighted by molar-refractivity contribution is 6.35. The fourth-order valence-corrected chi connectivity index (χ4v) is 4.75. The molecule has 6 nitrogen and oxygen atoms in total. The Morgan fingerprint density at radius 3 is 2.46 bits per heavy atom. The fraction of sp³-hybridized carbons (Fsp3) is 0.385. The van der Waals surface area contributed by atoms with Crippen molar-refractivity contribution in [3.05, 3.63) is 63.6 Å². The molecular weight excluding hydrogens is 488 g/mol. The van der Waals surface area contributed by atoms with Crippen LogP contribution in [0.15, 0.2) is 36.5 Å². The summed E-state index contributed by atoms with van der Waals surface area (Å²) in [5.41, 5.74) is 2.61. The van der Waals surface area contributed by atoms with Gasteiger partial charge in [-0.2, -0.15) is 0 Å². The van der Waals surface area contributed by atoms with E-state index in [2.05, 4.69) is 54.9 Å². The maximum Gasteiger partial charge on any atom is 0.257 e. The van der Waals surface area contributed by atoms with Gasteiger partial charge < -0.3 is 15.2 Å². The zero-order chi connectivity index (χ0) is 25.4. The average molecular weight is 518 g/mol. The quantitative estimate of drug-likeness (QED) is 0.409. The molecule has 1 aliphatic rings. The highest BCUT2D eigenvalue weighted by Gasteiger charge is 2.29. The number of nitrogens with zero attached hydrogens (tertiary/aromatic N) is 3. The molecule has 4 rings (SSSR count). The van der Waals surface area contributed by atoms with E-state index in [1.807, 2.05) is 4.90 Å². The Kier molecular flexibility index (Phi) is 7.40. The largest absolute Gasteiger partial charge is 0.366 e. The average Bonchev–Trinajstić information content (AvgIpc) is 3.30. The molecule has 186 valence electrons. The van der Waals surface area contributed by atoms with Gasteiger partial charge in [0.05, 0.1) is 21.3 Å². The van der Waals surface area contributed by atoms with Gasteiger partial charge in [-0.15, -0.1) is 0 Å². The first kappa shape index (κ1) is 25.5. The van der Waals surface area contributed by atoms with Crippen LogP contribution >= 0.6 is 23.2 Å². The number of aromatic amines is 1. The lowest BCUT2D eigenvalue weighted by atomic mass is 10.1. The van der Waals surface area contributed by atoms with Crippen LogP contribution < -0.4 is 10.2 Å². The molecule has 0 saturated carbocycles. The fourth-order valence-electron chi connectivity index (χ4n) is 4.30. The number of benzene rings is 2. The number of rotatable bonds is 5. The molecule has 0 radical (unpaired) electrons. The first-order valence-electron chi connectivity index (χ1n) is 11.7. The number of H-pyrrole nitrogens is 1. The van der Waals surface area contributed by atoms with Gasteiger partial charge in [0, 0.05) is 48.3 Å². The number of hydrogen-bond donors (Lipinski definition) is 2. The molecule has 2 N–H and O–H groups in total. The number of halogens is 3. The smallest absolute Gasteiger partial charge is 0.257 e. The van der Waals surface area contributed by atoms with Crippen LogP contribution in [0.25, 0.3) is 11.4 Å². The van der Waals surface area contributed by atoms with Crippen molar-refractivity contribution >= 4 is 40.5 Å². The molecule has 2 atom stereocenters. The van der Waals surface area contributed by atoms with Gasteiger partial charge in [-0.3, -0.25) is 9.69 Å². The van der Waals surface area contributed by atoms with Crippen LogP contribution in [0.4, 0.5) is 15.8 Å². The molecule has 1 aromatic heterocycles. The minimum absolute atomic E-state index is 0.0692. The second kappa shape index (κ2) is 10.2. The van der Waals surface area contributed by atoms with Crippen molar-refractivity contribution in [3.63, 3.8) is 0 Å². The van der Waals surface area contributed by atoms with Gasteiger partial charge in [-0.25, -0.2) is 9.37 Å². The van der Waals surface area contributed by atoms with Crippen LogP contribution in [0.5, 0.6) is 0 Å². The maximum absolute atomic E-state index is 15.1. The molecular formula is C26H30Cl2FN5O. The molecule has 1 fully saturated rings. The predicted molar refractivity (Wildman–Crippen MR) is 141 cm³/mol. The van der Waals surface area contributed by atoms with E-state index in [1.54, 1.807) is 30.5 Å². The number of amides is 1. The molecule has 1 amide bonds. The van der Waals surface area contributed by atoms with Crippen molar-refractivity contribution in [3.8, 4) is 11.4 Å². The maximum atomic E-state index is 15.1. The van der Waals surface area contributed by atoms with Gasteiger partial charge in [0.25, 0.3) is 5.91 Å². The van der Waals surface area contributed by atoms with E-state index in [9.17, 15) is 4.79 Å². The Bertz CT molecular complexity index is 1230. The van der Waals surface area contributed by atoms with Crippen molar-refractivity contribution < 1.29 is 9.18 Å². The van der Waals surface area contributed by atoms with Crippen LogP contribution in [-0.4, -0.2) is 53.0 Å². The number of imidazole rings is 1. The summed E-state index contributed by atoms with van der Waals surface area (Å²) in [4.78, 5) is 24.9. The third kappa shape index (κ3) is 5.32. The number of nitrogens with one attached hydrogen (secondary N) is 2. The van der Waals surface area contributed by atoms with Crippen molar-refractivity contribution in [2.75, 3.05) is 30.4 Å². The van der Waals surface area contributed by atoms with E-state index < -0.39 is 11.7 Å². The minimum Gasteiger partial charge on any atom is -0.366 e. The van der Waals surface area contributed by atoms with Crippen molar-refractivity contribution in [1.82, 2.24) is 14.9 Å². The Morgan fingerprint density at radius 1 is 1.14 bits per heavy atom. The molecule has 2 unspecified atom stereocenters. The summed E-state index contributed by atoms with van der Waals surface area (Å²) in [5.74, 6) is -0.0812. The monoisotopic (exact) mass is 517 g/mol. The van der Waals surface area contributed by atoms with Gasteiger partial charge in [-0.05, 0) is 57.1 Å². The number of likely N-dealkylation sites (N-methyl/N-ethyl adjacent to an activating group) is 1. The van der Waals surface area contributed by atoms with E-state index in [0.717, 1.165) is 5.69 Å². The molecule has 0 aliphatic carbocycles. The van der Waals surface area contributed by atoms with Crippen LogP contribution in [0.3, 0.4) is 0 Å². The molecule has 0 spiro atoms. The standard InChI is InChI=1S/C26H30Cl2FN5O/c1-14(2)23-11-30-25(32-23)18-8-17(6-7-20(18)27)31-26(35)19-9-22(29)24(10-21(19)28)34-12-15(3)33(5)16(4)13-34/h6-11,14-16H,12-13H2,1-5H3,(H,30,32)(H,31,35). The summed E-state index contributed by atoms with van der Waals surface area (Å²) in [6.07, 6.45) is 1.77. The number of piperazine rings is 1. The van der Waals surface area contributed by atoms with Crippen molar-refractivity contribution in [1.29, 1.82) is 0 Å². The summed E-state index contributed by atoms with van der Waals surface area (Å²) in [6.45, 7) is 9.70. The Labute approximate surface area is 215 Å². The summed E-state index contributed by atoms with van der Waals surface area (Å²) in [5, 5.41) is 3.49. The van der Waals surface area contributed by atoms with Crippen LogP contribution in [0.2, 0.25) is 10.0 Å². The summed E-state index contributed by atoms with van der Waals surface area (Å²) in [6, 6.07) is 8.38. The zero-order valence-electron chi connectivity index (χ0n) is 20.5. The van der Waals surface area contributed by atoms with Gasteiger partial charge in [-0.1, -0.05) is 37.0 Å². The van der Waals surface area contributed by atoms with E-state index in [1.165, 1.54) is 6.07 Å². The molecule has 3 aromatic rings. The summed E-state index contributed by atoms with van der Waals surface area (Å²) >= 11 is 12.9. The SMILES string of the molecule is CC(C)c1cnc(-c2cc(NC(=O)c3cc(F)c(N4CC(C)N(C)C(C)C4)cc3Cl)ccc2Cl)[nH]1. The molecule has 1 saturated heterocycles. The molecule has 2 heterocycles. The highest BCUT2D eigenvalue weighted by Crippen LogP contribution is 2.32. The normalized spacial score (nSPS) is 18.8.